The molecule has 0 aliphatic rings. The van der Waals surface area contributed by atoms with Gasteiger partial charge in [-0.1, -0.05) is 72.5 Å². The number of aryl methyl sites for hydroxylation is 2. The molecule has 0 radical (unpaired) electrons. The molecule has 4 rings (SSSR count). The van der Waals surface area contributed by atoms with Crippen molar-refractivity contribution in [3.8, 4) is 23.6 Å². The topological polar surface area (TPSA) is 100 Å². The second kappa shape index (κ2) is 16.9. The Balaban J connectivity index is 1.13. The van der Waals surface area contributed by atoms with Crippen molar-refractivity contribution in [3.63, 3.8) is 0 Å². The molecule has 0 amide bonds. The molecule has 0 aliphatic carbocycles. The predicted molar refractivity (Wildman–Crippen MR) is 181 cm³/mol. The first-order chi connectivity index (χ1) is 22.3. The summed E-state index contributed by atoms with van der Waals surface area (Å²) in [5, 5.41) is 19.2. The van der Waals surface area contributed by atoms with Crippen molar-refractivity contribution in [2.24, 2.45) is 0 Å². The molecular weight excluding hydrogens is 572 g/mol. The number of allylic oxidation sites excluding steroid dienone is 2. The van der Waals surface area contributed by atoms with E-state index in [1.807, 2.05) is 74.5 Å². The summed E-state index contributed by atoms with van der Waals surface area (Å²) in [6, 6.07) is 34.2. The molecule has 46 heavy (non-hydrogen) atoms. The molecule has 4 aromatic carbocycles. The van der Waals surface area contributed by atoms with E-state index in [2.05, 4.69) is 12.1 Å². The maximum atomic E-state index is 12.3. The standard InChI is InChI=1S/C40H36N2O4/c1-29-9-13-31(14-10-29)25-35(27-41)33-17-21-37(22-18-33)45-39(43)7-5-3-4-6-8-40(44)46-38-23-19-34(20-24-38)36(28-42)26-32-15-11-30(2)12-16-32/h9-26H,3-8H2,1-2H3/b35-25-,36-26+. The van der Waals surface area contributed by atoms with Gasteiger partial charge in [0.25, 0.3) is 0 Å². The van der Waals surface area contributed by atoms with Crippen molar-refractivity contribution < 1.29 is 19.1 Å². The van der Waals surface area contributed by atoms with Crippen LogP contribution < -0.4 is 9.47 Å². The van der Waals surface area contributed by atoms with Gasteiger partial charge in [-0.25, -0.2) is 0 Å². The van der Waals surface area contributed by atoms with E-state index in [4.69, 9.17) is 9.47 Å². The molecule has 0 N–H and O–H groups in total. The third-order valence-corrected chi connectivity index (χ3v) is 7.32. The molecule has 0 saturated carbocycles. The molecule has 0 heterocycles. The average Bonchev–Trinajstić information content (AvgIpc) is 3.06. The van der Waals surface area contributed by atoms with Gasteiger partial charge in [-0.3, -0.25) is 9.59 Å². The molecule has 4 aromatic rings. The molecule has 0 atom stereocenters. The van der Waals surface area contributed by atoms with Gasteiger partial charge in [-0.2, -0.15) is 10.5 Å². The zero-order valence-corrected chi connectivity index (χ0v) is 26.2. The van der Waals surface area contributed by atoms with Crippen LogP contribution >= 0.6 is 0 Å². The van der Waals surface area contributed by atoms with Crippen molar-refractivity contribution in [1.29, 1.82) is 10.5 Å². The second-order valence-electron chi connectivity index (χ2n) is 11.1. The predicted octanol–water partition coefficient (Wildman–Crippen LogP) is 9.28. The first-order valence-corrected chi connectivity index (χ1v) is 15.3. The van der Waals surface area contributed by atoms with Crippen LogP contribution in [-0.4, -0.2) is 11.9 Å². The largest absolute Gasteiger partial charge is 0.427 e. The fourth-order valence-electron chi connectivity index (χ4n) is 4.68. The number of ether oxygens (including phenoxy) is 2. The SMILES string of the molecule is Cc1ccc(/C=C(\C#N)c2ccc(OC(=O)CCCCCCC(=O)Oc3ccc(/C(C#N)=C\c4ccc(C)cc4)cc3)cc2)cc1. The summed E-state index contributed by atoms with van der Waals surface area (Å²) < 4.78 is 10.9. The van der Waals surface area contributed by atoms with Gasteiger partial charge in [-0.05, 0) is 110 Å². The van der Waals surface area contributed by atoms with Gasteiger partial charge < -0.3 is 9.47 Å². The summed E-state index contributed by atoms with van der Waals surface area (Å²) in [4.78, 5) is 24.6. The summed E-state index contributed by atoms with van der Waals surface area (Å²) >= 11 is 0. The molecule has 0 saturated heterocycles. The molecule has 6 heteroatoms. The van der Waals surface area contributed by atoms with Gasteiger partial charge in [0.2, 0.25) is 0 Å². The third-order valence-electron chi connectivity index (χ3n) is 7.32. The summed E-state index contributed by atoms with van der Waals surface area (Å²) in [5.74, 6) is 0.228. The second-order valence-corrected chi connectivity index (χ2v) is 11.1. The Morgan fingerprint density at radius 3 is 1.22 bits per heavy atom. The number of benzene rings is 4. The van der Waals surface area contributed by atoms with Crippen molar-refractivity contribution in [2.75, 3.05) is 0 Å². The Bertz CT molecular complexity index is 1630. The van der Waals surface area contributed by atoms with Crippen molar-refractivity contribution in [1.82, 2.24) is 0 Å². The molecule has 0 fully saturated rings. The van der Waals surface area contributed by atoms with Crippen molar-refractivity contribution in [3.05, 3.63) is 130 Å². The lowest BCUT2D eigenvalue weighted by molar-refractivity contribution is -0.135. The van der Waals surface area contributed by atoms with Crippen LogP contribution in [-0.2, 0) is 9.59 Å². The van der Waals surface area contributed by atoms with E-state index >= 15 is 0 Å². The maximum Gasteiger partial charge on any atom is 0.311 e. The number of unbranched alkanes of at least 4 members (excludes halogenated alkanes) is 3. The smallest absolute Gasteiger partial charge is 0.311 e. The highest BCUT2D eigenvalue weighted by Gasteiger charge is 2.09. The molecule has 0 spiro atoms. The molecule has 0 aromatic heterocycles. The van der Waals surface area contributed by atoms with Crippen LogP contribution in [0.25, 0.3) is 23.3 Å². The van der Waals surface area contributed by atoms with Gasteiger partial charge in [0, 0.05) is 12.8 Å². The highest BCUT2D eigenvalue weighted by molar-refractivity contribution is 5.90. The van der Waals surface area contributed by atoms with E-state index < -0.39 is 0 Å². The fourth-order valence-corrected chi connectivity index (χ4v) is 4.68. The van der Waals surface area contributed by atoms with Gasteiger partial charge >= 0.3 is 11.9 Å². The van der Waals surface area contributed by atoms with Crippen LogP contribution in [0.5, 0.6) is 11.5 Å². The molecule has 0 bridgehead atoms. The lowest BCUT2D eigenvalue weighted by Gasteiger charge is -2.07. The monoisotopic (exact) mass is 608 g/mol. The van der Waals surface area contributed by atoms with E-state index in [0.29, 0.717) is 35.5 Å². The van der Waals surface area contributed by atoms with Gasteiger partial charge in [0.1, 0.15) is 11.5 Å². The summed E-state index contributed by atoms with van der Waals surface area (Å²) in [6.45, 7) is 4.03. The average molecular weight is 609 g/mol. The van der Waals surface area contributed by atoms with E-state index in [-0.39, 0.29) is 24.8 Å². The van der Waals surface area contributed by atoms with E-state index in [1.165, 1.54) is 0 Å². The van der Waals surface area contributed by atoms with Crippen LogP contribution in [0.3, 0.4) is 0 Å². The van der Waals surface area contributed by atoms with Crippen LogP contribution in [0.15, 0.2) is 97.1 Å². The van der Waals surface area contributed by atoms with E-state index in [0.717, 1.165) is 46.2 Å². The molecule has 230 valence electrons. The molecule has 6 nitrogen and oxygen atoms in total. The van der Waals surface area contributed by atoms with Crippen LogP contribution in [0.1, 0.15) is 71.9 Å². The molecular formula is C40H36N2O4. The zero-order valence-electron chi connectivity index (χ0n) is 26.2. The minimum Gasteiger partial charge on any atom is -0.427 e. The molecule has 0 aliphatic heterocycles. The minimum atomic E-state index is -0.320. The summed E-state index contributed by atoms with van der Waals surface area (Å²) in [6.07, 6.45) is 7.10. The normalized spacial score (nSPS) is 11.3. The van der Waals surface area contributed by atoms with Crippen LogP contribution in [0.2, 0.25) is 0 Å². The Morgan fingerprint density at radius 2 is 0.891 bits per heavy atom. The van der Waals surface area contributed by atoms with E-state index in [1.54, 1.807) is 48.5 Å². The number of nitriles is 2. The van der Waals surface area contributed by atoms with Crippen molar-refractivity contribution >= 4 is 35.2 Å². The minimum absolute atomic E-state index is 0.276. The summed E-state index contributed by atoms with van der Waals surface area (Å²) in [5.41, 5.74) is 6.74. The Labute approximate surface area is 270 Å². The fraction of sp³-hybridized carbons (Fsp3) is 0.200. The number of esters is 2. The highest BCUT2D eigenvalue weighted by Crippen LogP contribution is 2.23. The van der Waals surface area contributed by atoms with Crippen LogP contribution in [0.4, 0.5) is 0 Å². The number of hydrogen-bond acceptors (Lipinski definition) is 6. The molecule has 0 unspecified atom stereocenters. The first kappa shape index (κ1) is 33.2. The number of carbonyl (C=O) groups is 2. The lowest BCUT2D eigenvalue weighted by Crippen LogP contribution is -2.08. The van der Waals surface area contributed by atoms with Gasteiger partial charge in [0.15, 0.2) is 0 Å². The first-order valence-electron chi connectivity index (χ1n) is 15.3. The van der Waals surface area contributed by atoms with Gasteiger partial charge in [-0.15, -0.1) is 0 Å². The van der Waals surface area contributed by atoms with E-state index in [9.17, 15) is 20.1 Å². The maximum absolute atomic E-state index is 12.3. The van der Waals surface area contributed by atoms with Crippen molar-refractivity contribution in [2.45, 2.75) is 52.4 Å². The number of nitrogens with zero attached hydrogens (tertiary/aromatic N) is 2. The lowest BCUT2D eigenvalue weighted by atomic mass is 10.0. The Kier molecular flexibility index (Phi) is 12.2. The Hall–Kier alpha value is -5.72. The summed E-state index contributed by atoms with van der Waals surface area (Å²) in [7, 11) is 0. The number of rotatable bonds is 13. The van der Waals surface area contributed by atoms with Gasteiger partial charge in [0.05, 0.1) is 23.3 Å². The highest BCUT2D eigenvalue weighted by atomic mass is 16.5. The Morgan fingerprint density at radius 1 is 0.543 bits per heavy atom. The third kappa shape index (κ3) is 10.5. The number of carbonyl (C=O) groups excluding carboxylic acids is 2. The zero-order chi connectivity index (χ0) is 32.7. The van der Waals surface area contributed by atoms with Crippen LogP contribution in [0, 0.1) is 36.5 Å². The number of hydrogen-bond donors (Lipinski definition) is 0. The quantitative estimate of drug-likeness (QED) is 0.0493.